The van der Waals surface area contributed by atoms with Gasteiger partial charge in [0.1, 0.15) is 12.2 Å². The zero-order valence-electron chi connectivity index (χ0n) is 9.19. The van der Waals surface area contributed by atoms with Gasteiger partial charge in [-0.05, 0) is 24.6 Å². The van der Waals surface area contributed by atoms with E-state index >= 15 is 0 Å². The van der Waals surface area contributed by atoms with E-state index in [0.29, 0.717) is 13.2 Å². The van der Waals surface area contributed by atoms with Crippen molar-refractivity contribution >= 4 is 5.91 Å². The van der Waals surface area contributed by atoms with Gasteiger partial charge in [0, 0.05) is 6.54 Å². The maximum atomic E-state index is 11.0. The summed E-state index contributed by atoms with van der Waals surface area (Å²) in [5.74, 6) is 0.561. The van der Waals surface area contributed by atoms with Gasteiger partial charge in [-0.3, -0.25) is 4.79 Å². The summed E-state index contributed by atoms with van der Waals surface area (Å²) in [6.45, 7) is 3.00. The number of benzene rings is 1. The molecule has 1 aromatic rings. The normalized spacial score (nSPS) is 9.25. The van der Waals surface area contributed by atoms with Crippen LogP contribution >= 0.6 is 0 Å². The fraction of sp³-hybridized carbons (Fsp3) is 0.333. The van der Waals surface area contributed by atoms with Gasteiger partial charge in [-0.15, -0.1) is 0 Å². The highest BCUT2D eigenvalue weighted by Gasteiger charge is 1.99. The van der Waals surface area contributed by atoms with Crippen molar-refractivity contribution < 1.29 is 9.53 Å². The maximum absolute atomic E-state index is 11.0. The van der Waals surface area contributed by atoms with Crippen LogP contribution < -0.4 is 10.1 Å². The Morgan fingerprint density at radius 3 is 2.69 bits per heavy atom. The van der Waals surface area contributed by atoms with Crippen LogP contribution in [0, 0.1) is 11.3 Å². The number of nitriles is 1. The van der Waals surface area contributed by atoms with E-state index in [4.69, 9.17) is 10.00 Å². The predicted molar refractivity (Wildman–Crippen MR) is 59.7 cm³/mol. The van der Waals surface area contributed by atoms with E-state index < -0.39 is 0 Å². The average molecular weight is 218 g/mol. The number of hydrogen-bond donors (Lipinski definition) is 1. The first-order chi connectivity index (χ1) is 7.76. The molecule has 0 spiro atoms. The zero-order valence-corrected chi connectivity index (χ0v) is 9.19. The molecule has 0 radical (unpaired) electrons. The largest absolute Gasteiger partial charge is 0.494 e. The van der Waals surface area contributed by atoms with Crippen LogP contribution in [-0.2, 0) is 11.3 Å². The molecule has 1 N–H and O–H groups in total. The lowest BCUT2D eigenvalue weighted by Crippen LogP contribution is -2.21. The number of nitrogens with zero attached hydrogens (tertiary/aromatic N) is 1. The molecule has 0 heterocycles. The second-order valence-corrected chi connectivity index (χ2v) is 3.19. The average Bonchev–Trinajstić information content (AvgIpc) is 2.29. The van der Waals surface area contributed by atoms with Gasteiger partial charge in [0.15, 0.2) is 0 Å². The van der Waals surface area contributed by atoms with Crippen molar-refractivity contribution in [3.63, 3.8) is 0 Å². The fourth-order valence-corrected chi connectivity index (χ4v) is 1.21. The molecule has 0 aromatic heterocycles. The number of carbonyl (C=O) groups excluding carboxylic acids is 1. The molecule has 1 amide bonds. The van der Waals surface area contributed by atoms with E-state index in [1.54, 1.807) is 6.07 Å². The van der Waals surface area contributed by atoms with Crippen molar-refractivity contribution in [1.29, 1.82) is 5.26 Å². The van der Waals surface area contributed by atoms with Gasteiger partial charge in [-0.1, -0.05) is 12.1 Å². The van der Waals surface area contributed by atoms with Gasteiger partial charge in [0.05, 0.1) is 12.7 Å². The second-order valence-electron chi connectivity index (χ2n) is 3.19. The van der Waals surface area contributed by atoms with Crippen molar-refractivity contribution in [1.82, 2.24) is 5.32 Å². The summed E-state index contributed by atoms with van der Waals surface area (Å²) in [4.78, 5) is 11.0. The summed E-state index contributed by atoms with van der Waals surface area (Å²) >= 11 is 0. The van der Waals surface area contributed by atoms with E-state index in [9.17, 15) is 4.79 Å². The van der Waals surface area contributed by atoms with Crippen LogP contribution in [0.15, 0.2) is 24.3 Å². The standard InChI is InChI=1S/C12H14N2O2/c1-2-16-11-5-3-10(4-6-11)9-14-12(15)7-8-13/h3-6H,2,7,9H2,1H3,(H,14,15). The monoisotopic (exact) mass is 218 g/mol. The summed E-state index contributed by atoms with van der Waals surface area (Å²) in [5.41, 5.74) is 0.981. The van der Waals surface area contributed by atoms with Gasteiger partial charge < -0.3 is 10.1 Å². The molecule has 84 valence electrons. The molecular weight excluding hydrogens is 204 g/mol. The molecule has 16 heavy (non-hydrogen) atoms. The Bertz CT molecular complexity index is 379. The minimum absolute atomic E-state index is 0.100. The summed E-state index contributed by atoms with van der Waals surface area (Å²) in [6.07, 6.45) is -0.100. The van der Waals surface area contributed by atoms with Crippen LogP contribution in [0.2, 0.25) is 0 Å². The van der Waals surface area contributed by atoms with Crippen molar-refractivity contribution in [3.05, 3.63) is 29.8 Å². The van der Waals surface area contributed by atoms with E-state index in [1.165, 1.54) is 0 Å². The molecule has 0 saturated heterocycles. The first kappa shape index (κ1) is 12.1. The van der Waals surface area contributed by atoms with Crippen LogP contribution in [0.4, 0.5) is 0 Å². The van der Waals surface area contributed by atoms with Gasteiger partial charge in [-0.25, -0.2) is 0 Å². The minimum Gasteiger partial charge on any atom is -0.494 e. The molecule has 4 heteroatoms. The van der Waals surface area contributed by atoms with Crippen molar-refractivity contribution in [2.75, 3.05) is 6.61 Å². The first-order valence-corrected chi connectivity index (χ1v) is 5.11. The van der Waals surface area contributed by atoms with Crippen LogP contribution in [0.25, 0.3) is 0 Å². The fourth-order valence-electron chi connectivity index (χ4n) is 1.21. The minimum atomic E-state index is -0.253. The van der Waals surface area contributed by atoms with Crippen LogP contribution in [0.5, 0.6) is 5.75 Å². The van der Waals surface area contributed by atoms with E-state index in [0.717, 1.165) is 11.3 Å². The molecule has 0 unspecified atom stereocenters. The quantitative estimate of drug-likeness (QED) is 0.816. The van der Waals surface area contributed by atoms with Gasteiger partial charge >= 0.3 is 0 Å². The molecule has 0 aliphatic rings. The predicted octanol–water partition coefficient (Wildman–Crippen LogP) is 1.62. The Kier molecular flexibility index (Phi) is 4.87. The Hall–Kier alpha value is -2.02. The lowest BCUT2D eigenvalue weighted by Gasteiger charge is -2.05. The van der Waals surface area contributed by atoms with Gasteiger partial charge in [0.25, 0.3) is 0 Å². The Morgan fingerprint density at radius 2 is 2.12 bits per heavy atom. The number of nitrogens with one attached hydrogen (secondary N) is 1. The third-order valence-electron chi connectivity index (χ3n) is 1.96. The van der Waals surface area contributed by atoms with E-state index in [2.05, 4.69) is 5.32 Å². The maximum Gasteiger partial charge on any atom is 0.234 e. The molecule has 0 atom stereocenters. The van der Waals surface area contributed by atoms with Gasteiger partial charge in [-0.2, -0.15) is 5.26 Å². The van der Waals surface area contributed by atoms with Crippen molar-refractivity contribution in [2.45, 2.75) is 19.9 Å². The van der Waals surface area contributed by atoms with Crippen molar-refractivity contribution in [3.8, 4) is 11.8 Å². The van der Waals surface area contributed by atoms with Crippen LogP contribution in [-0.4, -0.2) is 12.5 Å². The van der Waals surface area contributed by atoms with Crippen molar-refractivity contribution in [2.24, 2.45) is 0 Å². The molecular formula is C12H14N2O2. The number of hydrogen-bond acceptors (Lipinski definition) is 3. The summed E-state index contributed by atoms with van der Waals surface area (Å²) in [5, 5.41) is 11.0. The molecule has 0 saturated carbocycles. The molecule has 0 bridgehead atoms. The van der Waals surface area contributed by atoms with E-state index in [1.807, 2.05) is 31.2 Å². The highest BCUT2D eigenvalue weighted by Crippen LogP contribution is 2.11. The first-order valence-electron chi connectivity index (χ1n) is 5.11. The lowest BCUT2D eigenvalue weighted by atomic mass is 10.2. The molecule has 0 fully saturated rings. The SMILES string of the molecule is CCOc1ccc(CNC(=O)CC#N)cc1. The van der Waals surface area contributed by atoms with E-state index in [-0.39, 0.29) is 12.3 Å². The smallest absolute Gasteiger partial charge is 0.234 e. The van der Waals surface area contributed by atoms with Crippen LogP contribution in [0.1, 0.15) is 18.9 Å². The molecule has 1 rings (SSSR count). The molecule has 4 nitrogen and oxygen atoms in total. The summed E-state index contributed by atoms with van der Waals surface area (Å²) in [7, 11) is 0. The highest BCUT2D eigenvalue weighted by atomic mass is 16.5. The Labute approximate surface area is 94.8 Å². The number of ether oxygens (including phenoxy) is 1. The Balaban J connectivity index is 2.43. The molecule has 1 aromatic carbocycles. The number of amides is 1. The Morgan fingerprint density at radius 1 is 1.44 bits per heavy atom. The lowest BCUT2D eigenvalue weighted by molar-refractivity contribution is -0.120. The zero-order chi connectivity index (χ0) is 11.8. The third kappa shape index (κ3) is 4.01. The third-order valence-corrected chi connectivity index (χ3v) is 1.96. The second kappa shape index (κ2) is 6.46. The number of rotatable bonds is 5. The summed E-state index contributed by atoms with van der Waals surface area (Å²) in [6, 6.07) is 9.28. The van der Waals surface area contributed by atoms with Crippen LogP contribution in [0.3, 0.4) is 0 Å². The molecule has 0 aliphatic heterocycles. The molecule has 0 aliphatic carbocycles. The highest BCUT2D eigenvalue weighted by molar-refractivity contribution is 5.77. The van der Waals surface area contributed by atoms with Gasteiger partial charge in [0.2, 0.25) is 5.91 Å². The summed E-state index contributed by atoms with van der Waals surface area (Å²) < 4.78 is 5.29. The number of carbonyl (C=O) groups is 1. The topological polar surface area (TPSA) is 62.1 Å².